The van der Waals surface area contributed by atoms with Gasteiger partial charge in [0.2, 0.25) is 5.91 Å². The number of thiazole rings is 1. The number of hydrogen-bond donors (Lipinski definition) is 2. The molecule has 0 bridgehead atoms. The molecule has 0 fully saturated rings. The third-order valence-electron chi connectivity index (χ3n) is 5.59. The average Bonchev–Trinajstić information content (AvgIpc) is 3.23. The number of likely N-dealkylation sites (N-methyl/N-ethyl adjacent to an activating group) is 1. The molecule has 0 aliphatic carbocycles. The Bertz CT molecular complexity index is 821. The molecule has 4 unspecified atom stereocenters. The van der Waals surface area contributed by atoms with Crippen LogP contribution < -0.4 is 11.1 Å². The number of nitrogens with one attached hydrogen (secondary N) is 1. The Balaban J connectivity index is 3.02. The van der Waals surface area contributed by atoms with Gasteiger partial charge in [-0.1, -0.05) is 34.1 Å². The maximum atomic E-state index is 13.5. The normalized spacial score (nSPS) is 15.3. The quantitative estimate of drug-likeness (QED) is 0.440. The Labute approximate surface area is 207 Å². The topological polar surface area (TPSA) is 124 Å². The van der Waals surface area contributed by atoms with Crippen molar-refractivity contribution >= 4 is 29.3 Å². The molecule has 10 heteroatoms. The molecule has 4 atom stereocenters. The summed E-state index contributed by atoms with van der Waals surface area (Å²) in [7, 11) is 1.73. The smallest absolute Gasteiger partial charge is 0.408 e. The van der Waals surface area contributed by atoms with Gasteiger partial charge in [0, 0.05) is 18.5 Å². The van der Waals surface area contributed by atoms with Crippen LogP contribution in [0.25, 0.3) is 0 Å². The van der Waals surface area contributed by atoms with E-state index in [1.54, 1.807) is 45.0 Å². The summed E-state index contributed by atoms with van der Waals surface area (Å²) in [4.78, 5) is 43.9. The maximum absolute atomic E-state index is 13.5. The summed E-state index contributed by atoms with van der Waals surface area (Å²) in [5.74, 6) is -0.661. The fraction of sp³-hybridized carbons (Fsp3) is 0.750. The molecule has 34 heavy (non-hydrogen) atoms. The Morgan fingerprint density at radius 1 is 1.21 bits per heavy atom. The van der Waals surface area contributed by atoms with Crippen molar-refractivity contribution in [3.05, 3.63) is 16.1 Å². The number of ether oxygens (including phenoxy) is 2. The predicted molar refractivity (Wildman–Crippen MR) is 134 cm³/mol. The number of nitrogens with two attached hydrogens (primary N) is 1. The number of esters is 1. The number of carbonyl (C=O) groups excluding carboxylic acids is 3. The monoisotopic (exact) mass is 498 g/mol. The van der Waals surface area contributed by atoms with Crippen molar-refractivity contribution in [2.24, 2.45) is 17.6 Å². The summed E-state index contributed by atoms with van der Waals surface area (Å²) in [6.45, 7) is 15.3. The van der Waals surface area contributed by atoms with Gasteiger partial charge in [0.1, 0.15) is 16.7 Å². The third kappa shape index (κ3) is 8.87. The van der Waals surface area contributed by atoms with Crippen molar-refractivity contribution in [2.45, 2.75) is 92.0 Å². The first kappa shape index (κ1) is 29.8. The minimum Gasteiger partial charge on any atom is -0.461 e. The summed E-state index contributed by atoms with van der Waals surface area (Å²) < 4.78 is 10.4. The third-order valence-corrected chi connectivity index (χ3v) is 6.56. The minimum absolute atomic E-state index is 0.0879. The van der Waals surface area contributed by atoms with E-state index in [1.807, 2.05) is 27.7 Å². The fourth-order valence-electron chi connectivity index (χ4n) is 3.50. The first-order valence-electron chi connectivity index (χ1n) is 11.9. The number of aromatic nitrogens is 1. The van der Waals surface area contributed by atoms with Crippen molar-refractivity contribution in [2.75, 3.05) is 13.7 Å². The van der Waals surface area contributed by atoms with E-state index in [2.05, 4.69) is 10.3 Å². The molecule has 0 aliphatic rings. The molecule has 3 N–H and O–H groups in total. The summed E-state index contributed by atoms with van der Waals surface area (Å²) in [6, 6.07) is -1.39. The molecule has 1 rings (SSSR count). The van der Waals surface area contributed by atoms with Crippen molar-refractivity contribution in [3.8, 4) is 0 Å². The average molecular weight is 499 g/mol. The van der Waals surface area contributed by atoms with Crippen LogP contribution in [-0.2, 0) is 14.3 Å². The zero-order chi connectivity index (χ0) is 26.2. The summed E-state index contributed by atoms with van der Waals surface area (Å²) in [5.41, 5.74) is 6.01. The van der Waals surface area contributed by atoms with E-state index in [4.69, 9.17) is 15.2 Å². The van der Waals surface area contributed by atoms with E-state index in [-0.39, 0.29) is 36.1 Å². The van der Waals surface area contributed by atoms with Gasteiger partial charge >= 0.3 is 12.1 Å². The van der Waals surface area contributed by atoms with Crippen molar-refractivity contribution in [1.29, 1.82) is 0 Å². The first-order chi connectivity index (χ1) is 15.7. The molecule has 194 valence electrons. The molecule has 2 amide bonds. The van der Waals surface area contributed by atoms with E-state index >= 15 is 0 Å². The molecule has 1 aromatic rings. The van der Waals surface area contributed by atoms with E-state index < -0.39 is 29.7 Å². The van der Waals surface area contributed by atoms with Gasteiger partial charge < -0.3 is 25.4 Å². The van der Waals surface area contributed by atoms with Crippen LogP contribution in [0.3, 0.4) is 0 Å². The molecule has 9 nitrogen and oxygen atoms in total. The largest absolute Gasteiger partial charge is 0.461 e. The molecule has 0 aromatic carbocycles. The second-order valence-electron chi connectivity index (χ2n) is 9.90. The molecule has 0 radical (unpaired) electrons. The molecule has 0 saturated carbocycles. The van der Waals surface area contributed by atoms with Gasteiger partial charge in [0.05, 0.1) is 12.6 Å². The van der Waals surface area contributed by atoms with Gasteiger partial charge in [-0.05, 0) is 46.0 Å². The first-order valence-corrected chi connectivity index (χ1v) is 12.7. The highest BCUT2D eigenvalue weighted by atomic mass is 32.1. The number of hydrogen-bond acceptors (Lipinski definition) is 8. The van der Waals surface area contributed by atoms with Gasteiger partial charge in [-0.15, -0.1) is 11.3 Å². The lowest BCUT2D eigenvalue weighted by Gasteiger charge is -2.36. The van der Waals surface area contributed by atoms with Crippen LogP contribution in [0.15, 0.2) is 5.38 Å². The van der Waals surface area contributed by atoms with Crippen molar-refractivity contribution in [1.82, 2.24) is 15.2 Å². The minimum atomic E-state index is -0.724. The van der Waals surface area contributed by atoms with Gasteiger partial charge in [0.25, 0.3) is 0 Å². The van der Waals surface area contributed by atoms with Crippen LogP contribution >= 0.6 is 11.3 Å². The van der Waals surface area contributed by atoms with Crippen LogP contribution in [-0.4, -0.2) is 59.2 Å². The van der Waals surface area contributed by atoms with Gasteiger partial charge in [0.15, 0.2) is 5.69 Å². The number of alkyl carbamates (subject to hydrolysis) is 1. The lowest BCUT2D eigenvalue weighted by atomic mass is 9.93. The molecule has 0 saturated heterocycles. The van der Waals surface area contributed by atoms with Gasteiger partial charge in [-0.25, -0.2) is 14.6 Å². The lowest BCUT2D eigenvalue weighted by molar-refractivity contribution is -0.136. The van der Waals surface area contributed by atoms with Crippen LogP contribution in [0.5, 0.6) is 0 Å². The Morgan fingerprint density at radius 3 is 2.32 bits per heavy atom. The zero-order valence-corrected chi connectivity index (χ0v) is 22.8. The SMILES string of the molecule is CCOC(=O)c1csc(C(N)CC(C(C)C)N(C)C(=O)C(NC(=O)OC(C)(C)C)C(C)CC)n1. The highest BCUT2D eigenvalue weighted by molar-refractivity contribution is 7.09. The van der Waals surface area contributed by atoms with E-state index in [0.29, 0.717) is 17.8 Å². The molecular weight excluding hydrogens is 456 g/mol. The second-order valence-corrected chi connectivity index (χ2v) is 10.8. The van der Waals surface area contributed by atoms with Gasteiger partial charge in [-0.2, -0.15) is 0 Å². The predicted octanol–water partition coefficient (Wildman–Crippen LogP) is 4.13. The maximum Gasteiger partial charge on any atom is 0.408 e. The molecular formula is C24H42N4O5S. The number of rotatable bonds is 11. The van der Waals surface area contributed by atoms with E-state index in [0.717, 1.165) is 0 Å². The summed E-state index contributed by atoms with van der Waals surface area (Å²) in [5, 5.41) is 5.01. The zero-order valence-electron chi connectivity index (χ0n) is 22.0. The second kappa shape index (κ2) is 13.0. The molecule has 0 aliphatic heterocycles. The van der Waals surface area contributed by atoms with Crippen LogP contribution in [0.1, 0.15) is 89.8 Å². The number of carbonyl (C=O) groups is 3. The Kier molecular flexibility index (Phi) is 11.4. The Morgan fingerprint density at radius 2 is 1.82 bits per heavy atom. The fourth-order valence-corrected chi connectivity index (χ4v) is 4.30. The molecule has 1 aromatic heterocycles. The van der Waals surface area contributed by atoms with Crippen LogP contribution in [0.4, 0.5) is 4.79 Å². The van der Waals surface area contributed by atoms with Crippen molar-refractivity contribution in [3.63, 3.8) is 0 Å². The van der Waals surface area contributed by atoms with Crippen LogP contribution in [0, 0.1) is 11.8 Å². The van der Waals surface area contributed by atoms with Crippen molar-refractivity contribution < 1.29 is 23.9 Å². The Hall–Kier alpha value is -2.20. The standard InChI is InChI=1S/C24H42N4O5S/c1-10-15(5)19(27-23(31)33-24(6,7)8)21(29)28(9)18(14(3)4)12-16(25)20-26-17(13-34-20)22(30)32-11-2/h13-16,18-19H,10-12,25H2,1-9H3,(H,27,31). The number of amides is 2. The molecule has 1 heterocycles. The van der Waals surface area contributed by atoms with Crippen LogP contribution in [0.2, 0.25) is 0 Å². The van der Waals surface area contributed by atoms with E-state index in [9.17, 15) is 14.4 Å². The summed E-state index contributed by atoms with van der Waals surface area (Å²) >= 11 is 1.30. The van der Waals surface area contributed by atoms with Gasteiger partial charge in [-0.3, -0.25) is 4.79 Å². The highest BCUT2D eigenvalue weighted by Gasteiger charge is 2.35. The number of nitrogens with zero attached hydrogens (tertiary/aromatic N) is 2. The highest BCUT2D eigenvalue weighted by Crippen LogP contribution is 2.26. The lowest BCUT2D eigenvalue weighted by Crippen LogP contribution is -2.55. The van der Waals surface area contributed by atoms with E-state index in [1.165, 1.54) is 11.3 Å². The molecule has 0 spiro atoms. The summed E-state index contributed by atoms with van der Waals surface area (Å²) in [6.07, 6.45) is 0.545.